The average molecular weight is 307 g/mol. The van der Waals surface area contributed by atoms with E-state index in [-0.39, 0.29) is 17.7 Å². The third-order valence-corrected chi connectivity index (χ3v) is 4.17. The van der Waals surface area contributed by atoms with E-state index in [0.29, 0.717) is 32.5 Å². The Hall–Kier alpha value is -1.56. The van der Waals surface area contributed by atoms with Crippen molar-refractivity contribution in [2.75, 3.05) is 25.1 Å². The molecular weight excluding hydrogens is 286 g/mol. The van der Waals surface area contributed by atoms with Gasteiger partial charge in [0.15, 0.2) is 0 Å². The first-order chi connectivity index (χ1) is 10.2. The van der Waals surface area contributed by atoms with E-state index in [4.69, 9.17) is 0 Å². The summed E-state index contributed by atoms with van der Waals surface area (Å²) in [6, 6.07) is 5.66. The third-order valence-electron chi connectivity index (χ3n) is 3.56. The van der Waals surface area contributed by atoms with Gasteiger partial charge in [0.25, 0.3) is 0 Å². The SMILES string of the molecule is CSCCNC(=O)[C@H]1CCC(=O)N(Cc2ccccn2)C1. The number of aromatic nitrogens is 1. The lowest BCUT2D eigenvalue weighted by Crippen LogP contribution is -2.45. The zero-order chi connectivity index (χ0) is 15.1. The maximum atomic E-state index is 12.1. The van der Waals surface area contributed by atoms with Gasteiger partial charge in [0.1, 0.15) is 0 Å². The molecule has 5 nitrogen and oxygen atoms in total. The Labute approximate surface area is 129 Å². The van der Waals surface area contributed by atoms with E-state index < -0.39 is 0 Å². The van der Waals surface area contributed by atoms with Gasteiger partial charge in [0.2, 0.25) is 11.8 Å². The third kappa shape index (κ3) is 4.74. The molecule has 0 radical (unpaired) electrons. The molecule has 1 aliphatic rings. The number of hydrogen-bond donors (Lipinski definition) is 1. The summed E-state index contributed by atoms with van der Waals surface area (Å²) in [4.78, 5) is 30.1. The molecule has 1 N–H and O–H groups in total. The van der Waals surface area contributed by atoms with Crippen LogP contribution in [0.1, 0.15) is 18.5 Å². The van der Waals surface area contributed by atoms with E-state index in [1.165, 1.54) is 0 Å². The van der Waals surface area contributed by atoms with E-state index in [0.717, 1.165) is 11.4 Å². The number of amides is 2. The number of thioether (sulfide) groups is 1. The average Bonchev–Trinajstić information content (AvgIpc) is 2.50. The highest BCUT2D eigenvalue weighted by molar-refractivity contribution is 7.98. The number of nitrogens with zero attached hydrogens (tertiary/aromatic N) is 2. The van der Waals surface area contributed by atoms with Crippen LogP contribution in [-0.4, -0.2) is 46.8 Å². The molecule has 1 fully saturated rings. The summed E-state index contributed by atoms with van der Waals surface area (Å²) in [5.74, 6) is 0.972. The Morgan fingerprint density at radius 3 is 3.10 bits per heavy atom. The van der Waals surface area contributed by atoms with Crippen LogP contribution in [0.2, 0.25) is 0 Å². The summed E-state index contributed by atoms with van der Waals surface area (Å²) in [5.41, 5.74) is 0.856. The molecule has 2 amide bonds. The second kappa shape index (κ2) is 8.02. The minimum atomic E-state index is -0.103. The van der Waals surface area contributed by atoms with Crippen molar-refractivity contribution < 1.29 is 9.59 Å². The Kier molecular flexibility index (Phi) is 6.04. The van der Waals surface area contributed by atoms with Crippen molar-refractivity contribution in [3.8, 4) is 0 Å². The van der Waals surface area contributed by atoms with Gasteiger partial charge in [-0.3, -0.25) is 14.6 Å². The molecule has 0 unspecified atom stereocenters. The molecule has 0 bridgehead atoms. The van der Waals surface area contributed by atoms with Crippen LogP contribution >= 0.6 is 11.8 Å². The first-order valence-electron chi connectivity index (χ1n) is 7.15. The van der Waals surface area contributed by atoms with Crippen LogP contribution in [-0.2, 0) is 16.1 Å². The predicted molar refractivity (Wildman–Crippen MR) is 83.8 cm³/mol. The fourth-order valence-corrected chi connectivity index (χ4v) is 2.70. The number of carbonyl (C=O) groups is 2. The molecule has 0 spiro atoms. The molecule has 1 aromatic rings. The Morgan fingerprint density at radius 1 is 1.52 bits per heavy atom. The number of carbonyl (C=O) groups excluding carboxylic acids is 2. The zero-order valence-corrected chi connectivity index (χ0v) is 13.1. The van der Waals surface area contributed by atoms with Crippen molar-refractivity contribution in [3.05, 3.63) is 30.1 Å². The van der Waals surface area contributed by atoms with Gasteiger partial charge < -0.3 is 10.2 Å². The zero-order valence-electron chi connectivity index (χ0n) is 12.2. The van der Waals surface area contributed by atoms with Crippen LogP contribution in [0.15, 0.2) is 24.4 Å². The Balaban J connectivity index is 1.90. The number of rotatable bonds is 6. The quantitative estimate of drug-likeness (QED) is 0.805. The Morgan fingerprint density at radius 2 is 2.38 bits per heavy atom. The van der Waals surface area contributed by atoms with Crippen molar-refractivity contribution in [2.24, 2.45) is 5.92 Å². The smallest absolute Gasteiger partial charge is 0.224 e. The molecule has 0 saturated carbocycles. The van der Waals surface area contributed by atoms with Gasteiger partial charge in [0.05, 0.1) is 18.2 Å². The monoisotopic (exact) mass is 307 g/mol. The van der Waals surface area contributed by atoms with Gasteiger partial charge in [0, 0.05) is 31.5 Å². The second-order valence-electron chi connectivity index (χ2n) is 5.11. The molecule has 2 rings (SSSR count). The van der Waals surface area contributed by atoms with Crippen molar-refractivity contribution in [1.82, 2.24) is 15.2 Å². The van der Waals surface area contributed by atoms with Gasteiger partial charge in [-0.05, 0) is 24.8 Å². The number of pyridine rings is 1. The van der Waals surface area contributed by atoms with Crippen LogP contribution in [0, 0.1) is 5.92 Å². The summed E-state index contributed by atoms with van der Waals surface area (Å²) in [6.07, 6.45) is 4.81. The standard InChI is InChI=1S/C15H21N3O2S/c1-21-9-8-17-15(20)12-5-6-14(19)18(10-12)11-13-4-2-3-7-16-13/h2-4,7,12H,5-6,8-11H2,1H3,(H,17,20)/t12-/m0/s1. The summed E-state index contributed by atoms with van der Waals surface area (Å²) in [6.45, 7) is 1.65. The molecule has 2 heterocycles. The highest BCUT2D eigenvalue weighted by Gasteiger charge is 2.30. The van der Waals surface area contributed by atoms with E-state index in [2.05, 4.69) is 10.3 Å². The lowest BCUT2D eigenvalue weighted by molar-refractivity contribution is -0.138. The molecule has 0 aliphatic carbocycles. The number of hydrogen-bond acceptors (Lipinski definition) is 4. The molecular formula is C15H21N3O2S. The van der Waals surface area contributed by atoms with E-state index >= 15 is 0 Å². The summed E-state index contributed by atoms with van der Waals surface area (Å²) in [7, 11) is 0. The summed E-state index contributed by atoms with van der Waals surface area (Å²) in [5, 5.41) is 2.94. The van der Waals surface area contributed by atoms with E-state index in [9.17, 15) is 9.59 Å². The molecule has 1 aromatic heterocycles. The second-order valence-corrected chi connectivity index (χ2v) is 6.10. The molecule has 21 heavy (non-hydrogen) atoms. The minimum absolute atomic E-state index is 0.0579. The summed E-state index contributed by atoms with van der Waals surface area (Å²) < 4.78 is 0. The molecule has 114 valence electrons. The van der Waals surface area contributed by atoms with Crippen LogP contribution < -0.4 is 5.32 Å². The topological polar surface area (TPSA) is 62.3 Å². The lowest BCUT2D eigenvalue weighted by atomic mass is 9.96. The fourth-order valence-electron chi connectivity index (χ4n) is 2.39. The van der Waals surface area contributed by atoms with Crippen molar-refractivity contribution in [2.45, 2.75) is 19.4 Å². The maximum Gasteiger partial charge on any atom is 0.224 e. The van der Waals surface area contributed by atoms with Crippen LogP contribution in [0.5, 0.6) is 0 Å². The lowest BCUT2D eigenvalue weighted by Gasteiger charge is -2.31. The highest BCUT2D eigenvalue weighted by Crippen LogP contribution is 2.19. The van der Waals surface area contributed by atoms with E-state index in [1.54, 1.807) is 22.9 Å². The normalized spacial score (nSPS) is 18.6. The van der Waals surface area contributed by atoms with E-state index in [1.807, 2.05) is 24.5 Å². The van der Waals surface area contributed by atoms with Crippen LogP contribution in [0.3, 0.4) is 0 Å². The first-order valence-corrected chi connectivity index (χ1v) is 8.54. The molecule has 1 aliphatic heterocycles. The number of nitrogens with one attached hydrogen (secondary N) is 1. The van der Waals surface area contributed by atoms with Crippen LogP contribution in [0.25, 0.3) is 0 Å². The van der Waals surface area contributed by atoms with Crippen molar-refractivity contribution >= 4 is 23.6 Å². The molecule has 1 atom stereocenters. The van der Waals surface area contributed by atoms with Gasteiger partial charge in [-0.25, -0.2) is 0 Å². The van der Waals surface area contributed by atoms with Crippen molar-refractivity contribution in [1.29, 1.82) is 0 Å². The molecule has 0 aromatic carbocycles. The number of likely N-dealkylation sites (tertiary alicyclic amines) is 1. The largest absolute Gasteiger partial charge is 0.355 e. The minimum Gasteiger partial charge on any atom is -0.355 e. The molecule has 6 heteroatoms. The fraction of sp³-hybridized carbons (Fsp3) is 0.533. The number of piperidine rings is 1. The van der Waals surface area contributed by atoms with Gasteiger partial charge in [-0.1, -0.05) is 6.07 Å². The van der Waals surface area contributed by atoms with Crippen molar-refractivity contribution in [3.63, 3.8) is 0 Å². The highest BCUT2D eigenvalue weighted by atomic mass is 32.2. The van der Waals surface area contributed by atoms with Gasteiger partial charge >= 0.3 is 0 Å². The summed E-state index contributed by atoms with van der Waals surface area (Å²) >= 11 is 1.71. The van der Waals surface area contributed by atoms with Crippen LogP contribution in [0.4, 0.5) is 0 Å². The predicted octanol–water partition coefficient (Wildman–Crippen LogP) is 1.30. The maximum absolute atomic E-state index is 12.1. The molecule has 1 saturated heterocycles. The van der Waals surface area contributed by atoms with Gasteiger partial charge in [-0.15, -0.1) is 0 Å². The Bertz CT molecular complexity index is 481. The van der Waals surface area contributed by atoms with Gasteiger partial charge in [-0.2, -0.15) is 11.8 Å². The first kappa shape index (κ1) is 15.8.